The van der Waals surface area contributed by atoms with E-state index in [0.717, 1.165) is 0 Å². The number of sulfonamides is 1. The van der Waals surface area contributed by atoms with Crippen LogP contribution in [0, 0.1) is 24.2 Å². The molecule has 0 saturated carbocycles. The second-order valence-corrected chi connectivity index (χ2v) is 10.7. The number of amides is 1. The fraction of sp³-hybridized carbons (Fsp3) is 0.185. The van der Waals surface area contributed by atoms with Crippen molar-refractivity contribution in [1.82, 2.24) is 9.71 Å². The summed E-state index contributed by atoms with van der Waals surface area (Å²) in [6.45, 7) is 4.95. The number of hydrogen-bond donors (Lipinski definition) is 3. The van der Waals surface area contributed by atoms with Crippen molar-refractivity contribution in [2.45, 2.75) is 31.7 Å². The lowest BCUT2D eigenvalue weighted by Gasteiger charge is -2.18. The summed E-state index contributed by atoms with van der Waals surface area (Å²) in [5.74, 6) is -2.07. The number of aromatic nitrogens is 1. The SMILES string of the molecule is Cc1c(C(=O)Nc2ccc(-c3ccc(S(=O)(=O)N[C@H](C(=O)O)C(C)C)cc3)nc2)oc2cccc(C#N)c12. The fourth-order valence-electron chi connectivity index (χ4n) is 3.95. The van der Waals surface area contributed by atoms with E-state index in [1.165, 1.54) is 18.3 Å². The predicted octanol–water partition coefficient (Wildman–Crippen LogP) is 4.31. The Kier molecular flexibility index (Phi) is 7.30. The van der Waals surface area contributed by atoms with Gasteiger partial charge in [-0.15, -0.1) is 0 Å². The number of carboxylic acid groups (broad SMARTS) is 1. The summed E-state index contributed by atoms with van der Waals surface area (Å²) in [5, 5.41) is 21.9. The summed E-state index contributed by atoms with van der Waals surface area (Å²) < 4.78 is 33.2. The van der Waals surface area contributed by atoms with Crippen LogP contribution in [-0.2, 0) is 14.8 Å². The number of aryl methyl sites for hydroxylation is 1. The molecule has 0 spiro atoms. The summed E-state index contributed by atoms with van der Waals surface area (Å²) in [6, 6.07) is 15.1. The molecule has 0 bridgehead atoms. The summed E-state index contributed by atoms with van der Waals surface area (Å²) in [4.78, 5) is 28.5. The Bertz CT molecular complexity index is 1670. The normalized spacial score (nSPS) is 12.3. The van der Waals surface area contributed by atoms with Gasteiger partial charge in [0.2, 0.25) is 10.0 Å². The van der Waals surface area contributed by atoms with Gasteiger partial charge in [-0.3, -0.25) is 14.6 Å². The number of furan rings is 1. The Hall–Kier alpha value is -4.53. The highest BCUT2D eigenvalue weighted by molar-refractivity contribution is 7.89. The van der Waals surface area contributed by atoms with Crippen LogP contribution in [0.4, 0.5) is 5.69 Å². The first-order chi connectivity index (χ1) is 18.0. The molecule has 0 aliphatic heterocycles. The van der Waals surface area contributed by atoms with E-state index < -0.39 is 33.9 Å². The molecule has 0 aliphatic rings. The van der Waals surface area contributed by atoms with Crippen molar-refractivity contribution < 1.29 is 27.5 Å². The van der Waals surface area contributed by atoms with Crippen LogP contribution in [-0.4, -0.2) is 36.4 Å². The van der Waals surface area contributed by atoms with Gasteiger partial charge in [0, 0.05) is 16.5 Å². The van der Waals surface area contributed by atoms with Gasteiger partial charge in [0.25, 0.3) is 5.91 Å². The van der Waals surface area contributed by atoms with Crippen molar-refractivity contribution in [1.29, 1.82) is 5.26 Å². The molecule has 3 N–H and O–H groups in total. The molecule has 0 saturated heterocycles. The van der Waals surface area contributed by atoms with E-state index in [0.29, 0.717) is 39.0 Å². The van der Waals surface area contributed by atoms with Crippen LogP contribution in [0.15, 0.2) is 70.1 Å². The van der Waals surface area contributed by atoms with Crippen molar-refractivity contribution >= 4 is 38.6 Å². The molecule has 2 aromatic carbocycles. The lowest BCUT2D eigenvalue weighted by atomic mass is 10.1. The number of carbonyl (C=O) groups excluding carboxylic acids is 1. The van der Waals surface area contributed by atoms with Crippen LogP contribution < -0.4 is 10.0 Å². The van der Waals surface area contributed by atoms with Crippen molar-refractivity contribution in [2.75, 3.05) is 5.32 Å². The molecule has 11 heteroatoms. The largest absolute Gasteiger partial charge is 0.480 e. The number of nitriles is 1. The van der Waals surface area contributed by atoms with Crippen LogP contribution in [0.3, 0.4) is 0 Å². The van der Waals surface area contributed by atoms with Gasteiger partial charge in [0.05, 0.1) is 34.1 Å². The van der Waals surface area contributed by atoms with E-state index in [1.807, 2.05) is 0 Å². The Morgan fingerprint density at radius 3 is 2.37 bits per heavy atom. The van der Waals surface area contributed by atoms with Gasteiger partial charge < -0.3 is 14.8 Å². The quantitative estimate of drug-likeness (QED) is 0.302. The number of rotatable bonds is 8. The molecule has 194 valence electrons. The molecule has 1 atom stereocenters. The van der Waals surface area contributed by atoms with E-state index in [-0.39, 0.29) is 10.7 Å². The van der Waals surface area contributed by atoms with E-state index >= 15 is 0 Å². The van der Waals surface area contributed by atoms with Crippen LogP contribution in [0.1, 0.15) is 35.5 Å². The molecule has 1 amide bonds. The number of pyridine rings is 1. The molecule has 0 fully saturated rings. The maximum absolute atomic E-state index is 12.8. The molecule has 2 heterocycles. The van der Waals surface area contributed by atoms with E-state index in [9.17, 15) is 28.4 Å². The number of fused-ring (bicyclic) bond motifs is 1. The third kappa shape index (κ3) is 5.27. The van der Waals surface area contributed by atoms with Crippen LogP contribution in [0.5, 0.6) is 0 Å². The molecule has 0 aliphatic carbocycles. The molecule has 4 aromatic rings. The van der Waals surface area contributed by atoms with Crippen molar-refractivity contribution in [3.63, 3.8) is 0 Å². The topological polar surface area (TPSA) is 162 Å². The highest BCUT2D eigenvalue weighted by atomic mass is 32.2. The molecule has 0 unspecified atom stereocenters. The standard InChI is InChI=1S/C27H24N4O6S/c1-15(2)24(27(33)34)31-38(35,36)20-10-7-17(8-11-20)21-12-9-19(14-29-21)30-26(32)25-16(3)23-18(13-28)5-4-6-22(23)37-25/h4-12,14-15,24,31H,1-3H3,(H,30,32)(H,33,34)/t24-/m0/s1. The Morgan fingerprint density at radius 1 is 1.08 bits per heavy atom. The third-order valence-electron chi connectivity index (χ3n) is 5.98. The molecule has 10 nitrogen and oxygen atoms in total. The average molecular weight is 533 g/mol. The number of hydrogen-bond acceptors (Lipinski definition) is 7. The monoisotopic (exact) mass is 532 g/mol. The second kappa shape index (κ2) is 10.5. The lowest BCUT2D eigenvalue weighted by Crippen LogP contribution is -2.44. The maximum atomic E-state index is 12.8. The van der Waals surface area contributed by atoms with E-state index in [4.69, 9.17) is 4.42 Å². The van der Waals surface area contributed by atoms with E-state index in [1.54, 1.807) is 63.2 Å². The van der Waals surface area contributed by atoms with Gasteiger partial charge in [-0.1, -0.05) is 32.0 Å². The van der Waals surface area contributed by atoms with Crippen LogP contribution in [0.2, 0.25) is 0 Å². The first-order valence-electron chi connectivity index (χ1n) is 11.6. The zero-order valence-corrected chi connectivity index (χ0v) is 21.5. The van der Waals surface area contributed by atoms with Gasteiger partial charge in [-0.05, 0) is 49.2 Å². The molecule has 4 rings (SSSR count). The molecule has 0 radical (unpaired) electrons. The minimum atomic E-state index is -4.04. The highest BCUT2D eigenvalue weighted by Crippen LogP contribution is 2.29. The first-order valence-corrected chi connectivity index (χ1v) is 13.1. The molecular weight excluding hydrogens is 508 g/mol. The summed E-state index contributed by atoms with van der Waals surface area (Å²) in [5.41, 5.74) is 3.00. The summed E-state index contributed by atoms with van der Waals surface area (Å²) in [6.07, 6.45) is 1.46. The fourth-order valence-corrected chi connectivity index (χ4v) is 5.29. The maximum Gasteiger partial charge on any atom is 0.322 e. The van der Waals surface area contributed by atoms with Crippen molar-refractivity contribution in [2.24, 2.45) is 5.92 Å². The van der Waals surface area contributed by atoms with Gasteiger partial charge in [-0.25, -0.2) is 8.42 Å². The van der Waals surface area contributed by atoms with Crippen molar-refractivity contribution in [3.05, 3.63) is 77.7 Å². The van der Waals surface area contributed by atoms with E-state index in [2.05, 4.69) is 21.1 Å². The Morgan fingerprint density at radius 2 is 1.79 bits per heavy atom. The zero-order chi connectivity index (χ0) is 27.6. The number of nitrogens with one attached hydrogen (secondary N) is 2. The number of benzene rings is 2. The summed E-state index contributed by atoms with van der Waals surface area (Å²) in [7, 11) is -4.04. The summed E-state index contributed by atoms with van der Waals surface area (Å²) >= 11 is 0. The predicted molar refractivity (Wildman–Crippen MR) is 140 cm³/mol. The highest BCUT2D eigenvalue weighted by Gasteiger charge is 2.28. The average Bonchev–Trinajstić information content (AvgIpc) is 3.24. The molecular formula is C27H24N4O6S. The first kappa shape index (κ1) is 26.5. The Labute approximate surface area is 219 Å². The molecule has 38 heavy (non-hydrogen) atoms. The van der Waals surface area contributed by atoms with Gasteiger partial charge in [-0.2, -0.15) is 9.98 Å². The number of carbonyl (C=O) groups is 2. The number of carboxylic acids is 1. The van der Waals surface area contributed by atoms with Crippen LogP contribution >= 0.6 is 0 Å². The minimum Gasteiger partial charge on any atom is -0.480 e. The zero-order valence-electron chi connectivity index (χ0n) is 20.7. The smallest absolute Gasteiger partial charge is 0.322 e. The lowest BCUT2D eigenvalue weighted by molar-refractivity contribution is -0.140. The minimum absolute atomic E-state index is 0.0715. The number of anilines is 1. The number of nitrogens with zero attached hydrogens (tertiary/aromatic N) is 2. The van der Waals surface area contributed by atoms with Crippen molar-refractivity contribution in [3.8, 4) is 17.3 Å². The second-order valence-electron chi connectivity index (χ2n) is 8.94. The van der Waals surface area contributed by atoms with Gasteiger partial charge >= 0.3 is 5.97 Å². The van der Waals surface area contributed by atoms with Gasteiger partial charge in [0.1, 0.15) is 11.6 Å². The third-order valence-corrected chi connectivity index (χ3v) is 7.43. The van der Waals surface area contributed by atoms with Gasteiger partial charge in [0.15, 0.2) is 5.76 Å². The van der Waals surface area contributed by atoms with Crippen LogP contribution in [0.25, 0.3) is 22.2 Å². The number of aliphatic carboxylic acids is 1. The Balaban J connectivity index is 1.49. The molecule has 2 aromatic heterocycles.